The minimum Gasteiger partial charge on any atom is -0.312 e. The third kappa shape index (κ3) is 3.04. The van der Waals surface area contributed by atoms with E-state index in [0.29, 0.717) is 0 Å². The molecular weight excluding hydrogens is 300 g/mol. The molecule has 2 nitrogen and oxygen atoms in total. The van der Waals surface area contributed by atoms with Crippen molar-refractivity contribution in [1.29, 1.82) is 0 Å². The molecule has 3 heteroatoms. The Bertz CT molecular complexity index is 429. The highest BCUT2D eigenvalue weighted by molar-refractivity contribution is 9.10. The van der Waals surface area contributed by atoms with Crippen molar-refractivity contribution in [3.05, 3.63) is 34.3 Å². The molecule has 3 rings (SSSR count). The maximum atomic E-state index is 3.75. The van der Waals surface area contributed by atoms with Crippen LogP contribution in [0.15, 0.2) is 28.7 Å². The topological polar surface area (TPSA) is 15.3 Å². The van der Waals surface area contributed by atoms with E-state index in [0.717, 1.165) is 18.0 Å². The summed E-state index contributed by atoms with van der Waals surface area (Å²) in [6.45, 7) is 2.44. The van der Waals surface area contributed by atoms with E-state index in [1.54, 1.807) is 0 Å². The molecule has 19 heavy (non-hydrogen) atoms. The van der Waals surface area contributed by atoms with Gasteiger partial charge in [0.15, 0.2) is 0 Å². The molecule has 1 N–H and O–H groups in total. The summed E-state index contributed by atoms with van der Waals surface area (Å²) < 4.78 is 1.27. The van der Waals surface area contributed by atoms with Crippen molar-refractivity contribution in [2.45, 2.75) is 43.7 Å². The zero-order valence-corrected chi connectivity index (χ0v) is 13.2. The van der Waals surface area contributed by atoms with E-state index in [2.05, 4.69) is 57.5 Å². The lowest BCUT2D eigenvalue weighted by molar-refractivity contribution is 0.244. The van der Waals surface area contributed by atoms with Gasteiger partial charge in [-0.2, -0.15) is 0 Å². The molecular formula is C16H23BrN2. The van der Waals surface area contributed by atoms with Crippen LogP contribution in [0.5, 0.6) is 0 Å². The van der Waals surface area contributed by atoms with Crippen molar-refractivity contribution in [2.75, 3.05) is 20.1 Å². The van der Waals surface area contributed by atoms with Crippen molar-refractivity contribution in [3.8, 4) is 0 Å². The van der Waals surface area contributed by atoms with E-state index in [4.69, 9.17) is 0 Å². The van der Waals surface area contributed by atoms with Crippen molar-refractivity contribution in [3.63, 3.8) is 0 Å². The van der Waals surface area contributed by atoms with E-state index in [1.807, 2.05) is 0 Å². The van der Waals surface area contributed by atoms with Crippen LogP contribution < -0.4 is 5.32 Å². The molecule has 1 aliphatic carbocycles. The second-order valence-corrected chi connectivity index (χ2v) is 6.93. The molecule has 2 fully saturated rings. The van der Waals surface area contributed by atoms with Gasteiger partial charge in [-0.1, -0.05) is 34.1 Å². The molecule has 0 radical (unpaired) electrons. The van der Waals surface area contributed by atoms with Crippen LogP contribution >= 0.6 is 15.9 Å². The van der Waals surface area contributed by atoms with E-state index in [9.17, 15) is 0 Å². The van der Waals surface area contributed by atoms with Crippen molar-refractivity contribution in [2.24, 2.45) is 0 Å². The van der Waals surface area contributed by atoms with Gasteiger partial charge in [0.2, 0.25) is 0 Å². The molecule has 1 unspecified atom stereocenters. The summed E-state index contributed by atoms with van der Waals surface area (Å²) in [5, 5.41) is 3.75. The summed E-state index contributed by atoms with van der Waals surface area (Å²) in [6.07, 6.45) is 5.31. The fourth-order valence-corrected chi connectivity index (χ4v) is 3.99. The van der Waals surface area contributed by atoms with Gasteiger partial charge in [0.25, 0.3) is 0 Å². The lowest BCUT2D eigenvalue weighted by Gasteiger charge is -2.38. The van der Waals surface area contributed by atoms with E-state index in [1.165, 1.54) is 48.8 Å². The predicted molar refractivity (Wildman–Crippen MR) is 83.6 cm³/mol. The molecule has 1 aromatic rings. The molecule has 0 aromatic heterocycles. The van der Waals surface area contributed by atoms with Gasteiger partial charge in [0, 0.05) is 23.1 Å². The molecule has 0 spiro atoms. The zero-order chi connectivity index (χ0) is 13.2. The molecule has 1 atom stereocenters. The average molecular weight is 323 g/mol. The Kier molecular flexibility index (Phi) is 4.25. The Hall–Kier alpha value is -0.380. The molecule has 1 saturated carbocycles. The van der Waals surface area contributed by atoms with Crippen LogP contribution in [0.3, 0.4) is 0 Å². The summed E-state index contributed by atoms with van der Waals surface area (Å²) >= 11 is 3.67. The maximum absolute atomic E-state index is 3.75. The SMILES string of the molecule is CN1CCCC1CNC1CC(c2ccccc2Br)C1. The Balaban J connectivity index is 1.44. The molecule has 2 aliphatic rings. The number of nitrogens with zero attached hydrogens (tertiary/aromatic N) is 1. The Morgan fingerprint density at radius 3 is 2.79 bits per heavy atom. The molecule has 1 aliphatic heterocycles. The zero-order valence-electron chi connectivity index (χ0n) is 11.6. The third-order valence-electron chi connectivity index (χ3n) is 4.80. The summed E-state index contributed by atoms with van der Waals surface area (Å²) in [6, 6.07) is 10.2. The smallest absolute Gasteiger partial charge is 0.0218 e. The van der Waals surface area contributed by atoms with Gasteiger partial charge in [-0.3, -0.25) is 0 Å². The van der Waals surface area contributed by atoms with Crippen molar-refractivity contribution in [1.82, 2.24) is 10.2 Å². The molecule has 1 aromatic carbocycles. The number of likely N-dealkylation sites (tertiary alicyclic amines) is 1. The summed E-state index contributed by atoms with van der Waals surface area (Å²) in [7, 11) is 2.25. The van der Waals surface area contributed by atoms with Gasteiger partial charge in [0.1, 0.15) is 0 Å². The number of benzene rings is 1. The highest BCUT2D eigenvalue weighted by atomic mass is 79.9. The number of nitrogens with one attached hydrogen (secondary N) is 1. The summed E-state index contributed by atoms with van der Waals surface area (Å²) in [4.78, 5) is 2.50. The second-order valence-electron chi connectivity index (χ2n) is 6.07. The number of rotatable bonds is 4. The van der Waals surface area contributed by atoms with Crippen LogP contribution in [-0.4, -0.2) is 37.1 Å². The minimum absolute atomic E-state index is 0.728. The van der Waals surface area contributed by atoms with Gasteiger partial charge >= 0.3 is 0 Å². The van der Waals surface area contributed by atoms with E-state index >= 15 is 0 Å². The normalized spacial score (nSPS) is 31.4. The summed E-state index contributed by atoms with van der Waals surface area (Å²) in [5.41, 5.74) is 1.48. The minimum atomic E-state index is 0.728. The Labute approximate surface area is 124 Å². The molecule has 0 amide bonds. The lowest BCUT2D eigenvalue weighted by Crippen LogP contribution is -2.45. The number of halogens is 1. The van der Waals surface area contributed by atoms with Crippen molar-refractivity contribution < 1.29 is 0 Å². The van der Waals surface area contributed by atoms with Crippen LogP contribution in [0.2, 0.25) is 0 Å². The second kappa shape index (κ2) is 5.94. The van der Waals surface area contributed by atoms with Crippen molar-refractivity contribution >= 4 is 15.9 Å². The highest BCUT2D eigenvalue weighted by Gasteiger charge is 2.32. The fraction of sp³-hybridized carbons (Fsp3) is 0.625. The van der Waals surface area contributed by atoms with Crippen LogP contribution in [-0.2, 0) is 0 Å². The van der Waals surface area contributed by atoms with Gasteiger partial charge in [0.05, 0.1) is 0 Å². The molecule has 1 heterocycles. The first kappa shape index (κ1) is 13.6. The first-order valence-corrected chi connectivity index (χ1v) is 8.21. The molecule has 1 saturated heterocycles. The quantitative estimate of drug-likeness (QED) is 0.914. The molecule has 0 bridgehead atoms. The number of likely N-dealkylation sites (N-methyl/N-ethyl adjacent to an activating group) is 1. The third-order valence-corrected chi connectivity index (χ3v) is 5.52. The largest absolute Gasteiger partial charge is 0.312 e. The van der Waals surface area contributed by atoms with Crippen LogP contribution in [0.25, 0.3) is 0 Å². The average Bonchev–Trinajstić information content (AvgIpc) is 2.75. The van der Waals surface area contributed by atoms with Gasteiger partial charge in [-0.15, -0.1) is 0 Å². The van der Waals surface area contributed by atoms with Gasteiger partial charge in [-0.05, 0) is 56.8 Å². The predicted octanol–water partition coefficient (Wildman–Crippen LogP) is 3.38. The number of hydrogen-bond donors (Lipinski definition) is 1. The highest BCUT2D eigenvalue weighted by Crippen LogP contribution is 2.40. The Morgan fingerprint density at radius 2 is 2.11 bits per heavy atom. The van der Waals surface area contributed by atoms with Gasteiger partial charge in [-0.25, -0.2) is 0 Å². The van der Waals surface area contributed by atoms with E-state index < -0.39 is 0 Å². The first-order chi connectivity index (χ1) is 9.24. The fourth-order valence-electron chi connectivity index (χ4n) is 3.38. The lowest BCUT2D eigenvalue weighted by atomic mass is 9.76. The monoisotopic (exact) mass is 322 g/mol. The van der Waals surface area contributed by atoms with Crippen LogP contribution in [0, 0.1) is 0 Å². The Morgan fingerprint density at radius 1 is 1.32 bits per heavy atom. The standard InChI is InChI=1S/C16H23BrN2/c1-19-8-4-5-14(19)11-18-13-9-12(10-13)15-6-2-3-7-16(15)17/h2-3,6-7,12-14,18H,4-5,8-11H2,1H3. The number of hydrogen-bond acceptors (Lipinski definition) is 2. The molecule has 104 valence electrons. The van der Waals surface area contributed by atoms with Crippen LogP contribution in [0.4, 0.5) is 0 Å². The maximum Gasteiger partial charge on any atom is 0.0218 e. The van der Waals surface area contributed by atoms with E-state index in [-0.39, 0.29) is 0 Å². The van der Waals surface area contributed by atoms with Gasteiger partial charge < -0.3 is 10.2 Å². The van der Waals surface area contributed by atoms with Crippen LogP contribution in [0.1, 0.15) is 37.2 Å². The first-order valence-electron chi connectivity index (χ1n) is 7.42. The summed E-state index contributed by atoms with van der Waals surface area (Å²) in [5.74, 6) is 0.745.